The van der Waals surface area contributed by atoms with E-state index in [-0.39, 0.29) is 5.91 Å². The Morgan fingerprint density at radius 1 is 1.33 bits per heavy atom. The van der Waals surface area contributed by atoms with Crippen LogP contribution in [0, 0.1) is 0 Å². The normalized spacial score (nSPS) is 16.4. The van der Waals surface area contributed by atoms with Crippen molar-refractivity contribution in [1.29, 1.82) is 0 Å². The number of unbranched alkanes of at least 4 members (excludes halogenated alkanes) is 1. The molecule has 0 spiro atoms. The summed E-state index contributed by atoms with van der Waals surface area (Å²) in [4.78, 5) is 14.2. The highest BCUT2D eigenvalue weighted by Gasteiger charge is 2.23. The zero-order chi connectivity index (χ0) is 13.2. The summed E-state index contributed by atoms with van der Waals surface area (Å²) in [7, 11) is 0. The predicted molar refractivity (Wildman–Crippen MR) is 75.4 cm³/mol. The molecule has 18 heavy (non-hydrogen) atoms. The zero-order valence-electron chi connectivity index (χ0n) is 11.8. The molecular formula is C14H29N3O. The van der Waals surface area contributed by atoms with E-state index >= 15 is 0 Å². The van der Waals surface area contributed by atoms with Gasteiger partial charge in [-0.15, -0.1) is 0 Å². The van der Waals surface area contributed by atoms with E-state index in [4.69, 9.17) is 5.73 Å². The van der Waals surface area contributed by atoms with Gasteiger partial charge in [0.25, 0.3) is 0 Å². The van der Waals surface area contributed by atoms with Gasteiger partial charge in [0.05, 0.1) is 6.54 Å². The zero-order valence-corrected chi connectivity index (χ0v) is 11.8. The molecule has 3 N–H and O–H groups in total. The second-order valence-electron chi connectivity index (χ2n) is 5.25. The van der Waals surface area contributed by atoms with Crippen LogP contribution in [0.1, 0.15) is 51.9 Å². The van der Waals surface area contributed by atoms with Gasteiger partial charge >= 0.3 is 0 Å². The number of nitrogens with two attached hydrogens (primary N) is 1. The highest BCUT2D eigenvalue weighted by Crippen LogP contribution is 2.23. The lowest BCUT2D eigenvalue weighted by molar-refractivity contribution is -0.122. The average Bonchev–Trinajstić information content (AvgIpc) is 2.88. The van der Waals surface area contributed by atoms with Crippen LogP contribution in [0.3, 0.4) is 0 Å². The number of hydrogen-bond donors (Lipinski definition) is 2. The fourth-order valence-electron chi connectivity index (χ4n) is 2.60. The van der Waals surface area contributed by atoms with Crippen molar-refractivity contribution in [2.24, 2.45) is 5.73 Å². The summed E-state index contributed by atoms with van der Waals surface area (Å²) in [5, 5.41) is 3.00. The molecule has 4 heteroatoms. The molecule has 0 radical (unpaired) electrons. The van der Waals surface area contributed by atoms with Crippen molar-refractivity contribution in [3.63, 3.8) is 0 Å². The minimum Gasteiger partial charge on any atom is -0.355 e. The van der Waals surface area contributed by atoms with E-state index in [2.05, 4.69) is 17.1 Å². The van der Waals surface area contributed by atoms with Crippen molar-refractivity contribution in [2.45, 2.75) is 57.9 Å². The van der Waals surface area contributed by atoms with Crippen molar-refractivity contribution in [2.75, 3.05) is 26.2 Å². The first-order valence-electron chi connectivity index (χ1n) is 7.48. The standard InChI is InChI=1S/C14H29N3O/c1-2-3-10-16-14(18)12-17(11-6-9-15)13-7-4-5-8-13/h13H,2-12,15H2,1H3,(H,16,18). The van der Waals surface area contributed by atoms with E-state index in [0.29, 0.717) is 19.1 Å². The lowest BCUT2D eigenvalue weighted by Gasteiger charge is -2.28. The third kappa shape index (κ3) is 5.83. The summed E-state index contributed by atoms with van der Waals surface area (Å²) in [5.74, 6) is 0.173. The molecule has 0 atom stereocenters. The number of carbonyl (C=O) groups is 1. The maximum Gasteiger partial charge on any atom is 0.234 e. The molecule has 1 saturated carbocycles. The first-order chi connectivity index (χ1) is 8.77. The number of nitrogens with one attached hydrogen (secondary N) is 1. The molecular weight excluding hydrogens is 226 g/mol. The summed E-state index contributed by atoms with van der Waals surface area (Å²) in [6.45, 7) is 5.17. The molecule has 0 unspecified atom stereocenters. The molecule has 1 rings (SSSR count). The average molecular weight is 255 g/mol. The smallest absolute Gasteiger partial charge is 0.234 e. The lowest BCUT2D eigenvalue weighted by atomic mass is 10.2. The van der Waals surface area contributed by atoms with Gasteiger partial charge < -0.3 is 11.1 Å². The number of hydrogen-bond acceptors (Lipinski definition) is 3. The minimum atomic E-state index is 0.173. The van der Waals surface area contributed by atoms with Crippen LogP contribution in [-0.2, 0) is 4.79 Å². The topological polar surface area (TPSA) is 58.4 Å². The van der Waals surface area contributed by atoms with Gasteiger partial charge in [0.15, 0.2) is 0 Å². The Morgan fingerprint density at radius 3 is 2.67 bits per heavy atom. The largest absolute Gasteiger partial charge is 0.355 e. The summed E-state index contributed by atoms with van der Waals surface area (Å²) in [5.41, 5.74) is 5.58. The summed E-state index contributed by atoms with van der Waals surface area (Å²) < 4.78 is 0. The van der Waals surface area contributed by atoms with Crippen LogP contribution in [0.15, 0.2) is 0 Å². The third-order valence-electron chi connectivity index (χ3n) is 3.69. The van der Waals surface area contributed by atoms with Gasteiger partial charge in [0.1, 0.15) is 0 Å². The molecule has 0 aromatic carbocycles. The Bertz CT molecular complexity index is 227. The fourth-order valence-corrected chi connectivity index (χ4v) is 2.60. The van der Waals surface area contributed by atoms with Gasteiger partial charge in [-0.3, -0.25) is 9.69 Å². The van der Waals surface area contributed by atoms with E-state index in [1.54, 1.807) is 0 Å². The first-order valence-corrected chi connectivity index (χ1v) is 7.48. The number of nitrogens with zero attached hydrogens (tertiary/aromatic N) is 1. The Hall–Kier alpha value is -0.610. The van der Waals surface area contributed by atoms with Crippen LogP contribution in [0.5, 0.6) is 0 Å². The Morgan fingerprint density at radius 2 is 2.06 bits per heavy atom. The Kier molecular flexibility index (Phi) is 8.01. The molecule has 1 aliphatic carbocycles. The highest BCUT2D eigenvalue weighted by atomic mass is 16.2. The van der Waals surface area contributed by atoms with Gasteiger partial charge in [-0.2, -0.15) is 0 Å². The fraction of sp³-hybridized carbons (Fsp3) is 0.929. The van der Waals surface area contributed by atoms with Crippen molar-refractivity contribution in [3.05, 3.63) is 0 Å². The van der Waals surface area contributed by atoms with Crippen LogP contribution in [0.25, 0.3) is 0 Å². The maximum atomic E-state index is 11.9. The second kappa shape index (κ2) is 9.34. The van der Waals surface area contributed by atoms with Crippen LogP contribution in [-0.4, -0.2) is 43.0 Å². The minimum absolute atomic E-state index is 0.173. The first kappa shape index (κ1) is 15.4. The second-order valence-corrected chi connectivity index (χ2v) is 5.25. The summed E-state index contributed by atoms with van der Waals surface area (Å²) >= 11 is 0. The van der Waals surface area contributed by atoms with E-state index < -0.39 is 0 Å². The summed E-state index contributed by atoms with van der Waals surface area (Å²) in [6, 6.07) is 0.605. The van der Waals surface area contributed by atoms with Gasteiger partial charge in [0.2, 0.25) is 5.91 Å². The van der Waals surface area contributed by atoms with Gasteiger partial charge in [0, 0.05) is 19.1 Å². The molecule has 0 saturated heterocycles. The summed E-state index contributed by atoms with van der Waals surface area (Å²) in [6.07, 6.45) is 8.28. The quantitative estimate of drug-likeness (QED) is 0.614. The number of carbonyl (C=O) groups excluding carboxylic acids is 1. The molecule has 0 aromatic rings. The van der Waals surface area contributed by atoms with Crippen LogP contribution in [0.2, 0.25) is 0 Å². The maximum absolute atomic E-state index is 11.9. The molecule has 0 bridgehead atoms. The molecule has 0 aromatic heterocycles. The van der Waals surface area contributed by atoms with Gasteiger partial charge in [-0.05, 0) is 32.2 Å². The van der Waals surface area contributed by atoms with Crippen LogP contribution >= 0.6 is 0 Å². The Balaban J connectivity index is 2.31. The molecule has 0 aliphatic heterocycles. The van der Waals surface area contributed by atoms with Crippen molar-refractivity contribution in [3.8, 4) is 0 Å². The highest BCUT2D eigenvalue weighted by molar-refractivity contribution is 5.78. The molecule has 4 nitrogen and oxygen atoms in total. The van der Waals surface area contributed by atoms with Crippen molar-refractivity contribution >= 4 is 5.91 Å². The van der Waals surface area contributed by atoms with E-state index in [0.717, 1.165) is 32.4 Å². The number of amides is 1. The van der Waals surface area contributed by atoms with Gasteiger partial charge in [-0.25, -0.2) is 0 Å². The molecule has 1 fully saturated rings. The molecule has 106 valence electrons. The lowest BCUT2D eigenvalue weighted by Crippen LogP contribution is -2.43. The number of rotatable bonds is 9. The SMILES string of the molecule is CCCCNC(=O)CN(CCCN)C1CCCC1. The third-order valence-corrected chi connectivity index (χ3v) is 3.69. The van der Waals surface area contributed by atoms with Crippen molar-refractivity contribution < 1.29 is 4.79 Å². The molecule has 1 aliphatic rings. The van der Waals surface area contributed by atoms with Gasteiger partial charge in [-0.1, -0.05) is 26.2 Å². The van der Waals surface area contributed by atoms with E-state index in [1.165, 1.54) is 25.7 Å². The van der Waals surface area contributed by atoms with Crippen LogP contribution < -0.4 is 11.1 Å². The van der Waals surface area contributed by atoms with E-state index in [9.17, 15) is 4.79 Å². The monoisotopic (exact) mass is 255 g/mol. The molecule has 0 heterocycles. The Labute approximate surface area is 111 Å². The van der Waals surface area contributed by atoms with Crippen molar-refractivity contribution in [1.82, 2.24) is 10.2 Å². The molecule has 1 amide bonds. The predicted octanol–water partition coefficient (Wildman–Crippen LogP) is 1.50. The van der Waals surface area contributed by atoms with E-state index in [1.807, 2.05) is 0 Å². The van der Waals surface area contributed by atoms with Crippen LogP contribution in [0.4, 0.5) is 0 Å².